The van der Waals surface area contributed by atoms with Crippen LogP contribution < -0.4 is 0 Å². The van der Waals surface area contributed by atoms with Crippen molar-refractivity contribution < 1.29 is 4.39 Å². The smallest absolute Gasteiger partial charge is 0.107 e. The molecule has 0 heterocycles. The largest absolute Gasteiger partial charge is 0.211 e. The van der Waals surface area contributed by atoms with Crippen molar-refractivity contribution >= 4 is 0 Å². The Morgan fingerprint density at radius 2 is 2.33 bits per heavy atom. The highest BCUT2D eigenvalue weighted by Crippen LogP contribution is 2.34. The quantitative estimate of drug-likeness (QED) is 0.591. The third-order valence-corrected chi connectivity index (χ3v) is 3.17. The van der Waals surface area contributed by atoms with Gasteiger partial charge < -0.3 is 0 Å². The zero-order valence-electron chi connectivity index (χ0n) is 9.17. The van der Waals surface area contributed by atoms with Crippen molar-refractivity contribution in [1.29, 1.82) is 0 Å². The Bertz CT molecular complexity index is 356. The molecule has 0 aromatic carbocycles. The lowest BCUT2D eigenvalue weighted by Gasteiger charge is -2.14. The van der Waals surface area contributed by atoms with E-state index >= 15 is 0 Å². The maximum Gasteiger partial charge on any atom is 0.107 e. The first-order valence-corrected chi connectivity index (χ1v) is 5.73. The molecule has 0 aromatic rings. The monoisotopic (exact) mass is 204 g/mol. The maximum absolute atomic E-state index is 13.7. The molecule has 0 aliphatic heterocycles. The molecular weight excluding hydrogens is 187 g/mol. The van der Waals surface area contributed by atoms with Gasteiger partial charge in [-0.1, -0.05) is 42.4 Å². The summed E-state index contributed by atoms with van der Waals surface area (Å²) in [7, 11) is 0. The van der Waals surface area contributed by atoms with Gasteiger partial charge in [-0.05, 0) is 31.8 Å². The molecule has 0 nitrogen and oxygen atoms in total. The Kier molecular flexibility index (Phi) is 3.20. The fourth-order valence-electron chi connectivity index (χ4n) is 2.26. The summed E-state index contributed by atoms with van der Waals surface area (Å²) in [6, 6.07) is 0. The summed E-state index contributed by atoms with van der Waals surface area (Å²) in [4.78, 5) is 0. The molecule has 0 fully saturated rings. The lowest BCUT2D eigenvalue weighted by atomic mass is 9.92. The summed E-state index contributed by atoms with van der Waals surface area (Å²) in [5.41, 5.74) is 2.60. The Morgan fingerprint density at radius 3 is 3.13 bits per heavy atom. The zero-order chi connectivity index (χ0) is 10.7. The fourth-order valence-corrected chi connectivity index (χ4v) is 2.26. The third-order valence-electron chi connectivity index (χ3n) is 3.17. The summed E-state index contributed by atoms with van der Waals surface area (Å²) in [6.07, 6.45) is 13.8. The average Bonchev–Trinajstić information content (AvgIpc) is 2.53. The number of hydrogen-bond donors (Lipinski definition) is 0. The Labute approximate surface area is 90.9 Å². The van der Waals surface area contributed by atoms with E-state index in [0.29, 0.717) is 0 Å². The summed E-state index contributed by atoms with van der Waals surface area (Å²) in [5, 5.41) is 0. The highest BCUT2D eigenvalue weighted by molar-refractivity contribution is 5.34. The lowest BCUT2D eigenvalue weighted by molar-refractivity contribution is 0.487. The van der Waals surface area contributed by atoms with Crippen molar-refractivity contribution in [2.75, 3.05) is 0 Å². The van der Waals surface area contributed by atoms with Crippen molar-refractivity contribution in [3.8, 4) is 0 Å². The average molecular weight is 204 g/mol. The van der Waals surface area contributed by atoms with E-state index in [0.717, 1.165) is 25.7 Å². The first-order chi connectivity index (χ1) is 7.31. The van der Waals surface area contributed by atoms with Gasteiger partial charge in [0.25, 0.3) is 0 Å². The van der Waals surface area contributed by atoms with Gasteiger partial charge >= 0.3 is 0 Å². The van der Waals surface area contributed by atoms with Gasteiger partial charge in [-0.25, -0.2) is 4.39 Å². The van der Waals surface area contributed by atoms with Gasteiger partial charge in [0.05, 0.1) is 0 Å². The van der Waals surface area contributed by atoms with E-state index in [4.69, 9.17) is 0 Å². The van der Waals surface area contributed by atoms with Crippen LogP contribution in [0.5, 0.6) is 0 Å². The second-order valence-corrected chi connectivity index (χ2v) is 4.17. The van der Waals surface area contributed by atoms with E-state index in [1.807, 2.05) is 12.2 Å². The minimum atomic E-state index is 0.0281. The number of halogens is 1. The van der Waals surface area contributed by atoms with Gasteiger partial charge in [0.15, 0.2) is 0 Å². The van der Waals surface area contributed by atoms with Crippen LogP contribution in [0.1, 0.15) is 32.6 Å². The van der Waals surface area contributed by atoms with Gasteiger partial charge in [0, 0.05) is 5.92 Å². The summed E-state index contributed by atoms with van der Waals surface area (Å²) < 4.78 is 13.7. The Morgan fingerprint density at radius 1 is 1.47 bits per heavy atom. The Hall–Kier alpha value is -1.11. The predicted octanol–water partition coefficient (Wildman–Crippen LogP) is 4.47. The van der Waals surface area contributed by atoms with Crippen LogP contribution in [0.3, 0.4) is 0 Å². The van der Waals surface area contributed by atoms with Crippen LogP contribution in [0.15, 0.2) is 47.4 Å². The molecule has 0 aromatic heterocycles. The molecule has 1 unspecified atom stereocenters. The predicted molar refractivity (Wildman–Crippen MR) is 62.1 cm³/mol. The van der Waals surface area contributed by atoms with Crippen molar-refractivity contribution in [1.82, 2.24) is 0 Å². The minimum absolute atomic E-state index is 0.0281. The molecule has 0 N–H and O–H groups in total. The second-order valence-electron chi connectivity index (χ2n) is 4.17. The first-order valence-electron chi connectivity index (χ1n) is 5.73. The van der Waals surface area contributed by atoms with Crippen LogP contribution >= 0.6 is 0 Å². The molecule has 0 bridgehead atoms. The van der Waals surface area contributed by atoms with Crippen molar-refractivity contribution in [2.24, 2.45) is 5.92 Å². The highest BCUT2D eigenvalue weighted by atomic mass is 19.1. The van der Waals surface area contributed by atoms with Crippen LogP contribution in [0.25, 0.3) is 0 Å². The first kappa shape index (κ1) is 10.4. The number of allylic oxidation sites excluding steroid dienone is 8. The van der Waals surface area contributed by atoms with Crippen LogP contribution in [-0.4, -0.2) is 0 Å². The third kappa shape index (κ3) is 2.28. The van der Waals surface area contributed by atoms with E-state index in [2.05, 4.69) is 19.1 Å². The van der Waals surface area contributed by atoms with E-state index < -0.39 is 0 Å². The molecule has 1 atom stereocenters. The SMILES string of the molecule is CCC1=CCCC2C(F)=CC=CCC2=C1. The normalized spacial score (nSPS) is 25.7. The molecule has 1 heteroatoms. The zero-order valence-corrected chi connectivity index (χ0v) is 9.17. The van der Waals surface area contributed by atoms with Crippen LogP contribution in [-0.2, 0) is 0 Å². The van der Waals surface area contributed by atoms with Gasteiger partial charge in [-0.3, -0.25) is 0 Å². The molecule has 15 heavy (non-hydrogen) atoms. The molecule has 0 amide bonds. The number of rotatable bonds is 1. The van der Waals surface area contributed by atoms with Gasteiger partial charge in [-0.2, -0.15) is 0 Å². The number of hydrogen-bond acceptors (Lipinski definition) is 0. The summed E-state index contributed by atoms with van der Waals surface area (Å²) >= 11 is 0. The second kappa shape index (κ2) is 4.61. The van der Waals surface area contributed by atoms with Gasteiger partial charge in [0.1, 0.15) is 5.83 Å². The molecule has 80 valence electrons. The molecule has 0 radical (unpaired) electrons. The van der Waals surface area contributed by atoms with Gasteiger partial charge in [0.2, 0.25) is 0 Å². The van der Waals surface area contributed by atoms with Crippen LogP contribution in [0, 0.1) is 5.92 Å². The lowest BCUT2D eigenvalue weighted by Crippen LogP contribution is -2.03. The Balaban J connectivity index is 2.32. The van der Waals surface area contributed by atoms with E-state index in [9.17, 15) is 4.39 Å². The summed E-state index contributed by atoms with van der Waals surface area (Å²) in [6.45, 7) is 2.15. The number of fused-ring (bicyclic) bond motifs is 1. The summed E-state index contributed by atoms with van der Waals surface area (Å²) in [5.74, 6) is 0.0565. The van der Waals surface area contributed by atoms with E-state index in [1.165, 1.54) is 11.1 Å². The molecular formula is C14H17F. The molecule has 0 saturated heterocycles. The molecule has 2 aliphatic carbocycles. The molecule has 2 rings (SSSR count). The van der Waals surface area contributed by atoms with E-state index in [-0.39, 0.29) is 11.7 Å². The fraction of sp³-hybridized carbons (Fsp3) is 0.429. The highest BCUT2D eigenvalue weighted by Gasteiger charge is 2.21. The van der Waals surface area contributed by atoms with Crippen molar-refractivity contribution in [3.05, 3.63) is 47.4 Å². The van der Waals surface area contributed by atoms with E-state index in [1.54, 1.807) is 6.08 Å². The molecule has 2 aliphatic rings. The maximum atomic E-state index is 13.7. The van der Waals surface area contributed by atoms with Crippen molar-refractivity contribution in [2.45, 2.75) is 32.6 Å². The van der Waals surface area contributed by atoms with Crippen molar-refractivity contribution in [3.63, 3.8) is 0 Å². The standard InChI is InChI=1S/C14H17F/c1-2-11-6-5-8-13-12(10-11)7-3-4-9-14(13)15/h3-4,6,9-10,13H,2,5,7-8H2,1H3. The molecule has 0 saturated carbocycles. The van der Waals surface area contributed by atoms with Gasteiger partial charge in [-0.15, -0.1) is 0 Å². The molecule has 0 spiro atoms. The van der Waals surface area contributed by atoms with Crippen LogP contribution in [0.2, 0.25) is 0 Å². The van der Waals surface area contributed by atoms with Crippen LogP contribution in [0.4, 0.5) is 4.39 Å². The minimum Gasteiger partial charge on any atom is -0.211 e. The topological polar surface area (TPSA) is 0 Å².